The number of aliphatic hydroxyl groups is 1. The van der Waals surface area contributed by atoms with Crippen LogP contribution < -0.4 is 10.8 Å². The summed E-state index contributed by atoms with van der Waals surface area (Å²) in [5, 5.41) is 21.5. The van der Waals surface area contributed by atoms with Crippen LogP contribution in [-0.4, -0.2) is 38.2 Å². The number of nitrogens with zero attached hydrogens (tertiary/aromatic N) is 1. The van der Waals surface area contributed by atoms with E-state index in [-0.39, 0.29) is 17.9 Å². The summed E-state index contributed by atoms with van der Waals surface area (Å²) in [6.07, 6.45) is 1.95. The molecule has 2 amide bonds. The van der Waals surface area contributed by atoms with Crippen molar-refractivity contribution >= 4 is 11.8 Å². The average molecular weight is 326 g/mol. The lowest BCUT2D eigenvalue weighted by molar-refractivity contribution is -0.147. The summed E-state index contributed by atoms with van der Waals surface area (Å²) in [5.41, 5.74) is 1.39. The van der Waals surface area contributed by atoms with Crippen molar-refractivity contribution in [3.63, 3.8) is 0 Å². The lowest BCUT2D eigenvalue weighted by atomic mass is 9.90. The van der Waals surface area contributed by atoms with Crippen molar-refractivity contribution in [2.45, 2.75) is 46.3 Å². The number of carbonyl (C=O) groups excluding carboxylic acids is 2. The van der Waals surface area contributed by atoms with Crippen molar-refractivity contribution in [3.8, 4) is 0 Å². The fourth-order valence-corrected chi connectivity index (χ4v) is 2.39. The van der Waals surface area contributed by atoms with Crippen LogP contribution in [0.3, 0.4) is 0 Å². The molecule has 0 saturated heterocycles. The van der Waals surface area contributed by atoms with Gasteiger partial charge in [0.15, 0.2) is 0 Å². The largest absolute Gasteiger partial charge is 0.382 e. The number of aromatic amines is 1. The molecule has 0 aromatic carbocycles. The molecule has 8 heteroatoms. The van der Waals surface area contributed by atoms with Crippen molar-refractivity contribution in [2.75, 3.05) is 0 Å². The number of nitrogens with one attached hydrogen (secondary N) is 3. The van der Waals surface area contributed by atoms with Crippen LogP contribution >= 0.6 is 0 Å². The van der Waals surface area contributed by atoms with Gasteiger partial charge in [-0.2, -0.15) is 0 Å². The number of hydroxylamine groups is 1. The molecule has 1 aromatic heterocycles. The summed E-state index contributed by atoms with van der Waals surface area (Å²) >= 11 is 0. The predicted molar refractivity (Wildman–Crippen MR) is 83.2 cm³/mol. The topological polar surface area (TPSA) is 127 Å². The van der Waals surface area contributed by atoms with Crippen LogP contribution in [0.2, 0.25) is 0 Å². The van der Waals surface area contributed by atoms with Crippen LogP contribution in [0.15, 0.2) is 12.4 Å². The molecule has 0 spiro atoms. The third-order valence-corrected chi connectivity index (χ3v) is 3.60. The van der Waals surface area contributed by atoms with E-state index in [9.17, 15) is 14.7 Å². The molecular formula is C15H26N4O4. The van der Waals surface area contributed by atoms with Gasteiger partial charge in [0, 0.05) is 12.4 Å². The second-order valence-corrected chi connectivity index (χ2v) is 6.36. The molecule has 0 saturated carbocycles. The summed E-state index contributed by atoms with van der Waals surface area (Å²) in [6.45, 7) is 7.64. The molecule has 8 nitrogen and oxygen atoms in total. The minimum atomic E-state index is -1.62. The number of rotatable bonds is 8. The van der Waals surface area contributed by atoms with Gasteiger partial charge >= 0.3 is 0 Å². The van der Waals surface area contributed by atoms with Crippen LogP contribution in [0.1, 0.15) is 46.0 Å². The van der Waals surface area contributed by atoms with Crippen LogP contribution in [-0.2, 0) is 9.59 Å². The van der Waals surface area contributed by atoms with Gasteiger partial charge in [0.25, 0.3) is 5.91 Å². The van der Waals surface area contributed by atoms with Crippen molar-refractivity contribution < 1.29 is 19.9 Å². The Labute approximate surface area is 135 Å². The van der Waals surface area contributed by atoms with Crippen molar-refractivity contribution in [1.82, 2.24) is 20.8 Å². The first-order chi connectivity index (χ1) is 10.8. The first kappa shape index (κ1) is 19.1. The fraction of sp³-hybridized carbons (Fsp3) is 0.667. The molecule has 0 bridgehead atoms. The maximum absolute atomic E-state index is 12.6. The number of carbonyl (C=O) groups is 2. The molecule has 23 heavy (non-hydrogen) atoms. The number of H-pyrrole nitrogens is 1. The third-order valence-electron chi connectivity index (χ3n) is 3.60. The Hall–Kier alpha value is -1.93. The maximum Gasteiger partial charge on any atom is 0.272 e. The zero-order chi connectivity index (χ0) is 17.6. The first-order valence-corrected chi connectivity index (χ1v) is 7.69. The first-order valence-electron chi connectivity index (χ1n) is 7.69. The van der Waals surface area contributed by atoms with Gasteiger partial charge in [0.1, 0.15) is 11.9 Å². The highest BCUT2D eigenvalue weighted by Crippen LogP contribution is 2.22. The second-order valence-electron chi connectivity index (χ2n) is 6.36. The monoisotopic (exact) mass is 326 g/mol. The minimum Gasteiger partial charge on any atom is -0.382 e. The quantitative estimate of drug-likeness (QED) is 0.356. The SMILES string of the molecule is CC(C)C[C@@H](C(=O)N[C@H](c1ncc[nH]1)C(C)C)[C@H](O)C(=O)NO. The highest BCUT2D eigenvalue weighted by molar-refractivity contribution is 5.88. The van der Waals surface area contributed by atoms with E-state index in [1.807, 2.05) is 27.7 Å². The normalized spacial score (nSPS) is 15.3. The minimum absolute atomic E-state index is 0.0635. The average Bonchev–Trinajstić information content (AvgIpc) is 3.01. The van der Waals surface area contributed by atoms with Crippen molar-refractivity contribution in [2.24, 2.45) is 17.8 Å². The van der Waals surface area contributed by atoms with E-state index in [2.05, 4.69) is 15.3 Å². The molecule has 3 atom stereocenters. The summed E-state index contributed by atoms with van der Waals surface area (Å²) in [7, 11) is 0. The Bertz CT molecular complexity index is 502. The molecule has 0 aliphatic carbocycles. The molecule has 0 aliphatic heterocycles. The molecule has 1 heterocycles. The Kier molecular flexibility index (Phi) is 7.18. The molecule has 5 N–H and O–H groups in total. The van der Waals surface area contributed by atoms with E-state index in [1.165, 1.54) is 5.48 Å². The zero-order valence-electron chi connectivity index (χ0n) is 13.9. The summed E-state index contributed by atoms with van der Waals surface area (Å²) in [6, 6.07) is -0.364. The molecule has 0 aliphatic rings. The Balaban J connectivity index is 2.92. The Morgan fingerprint density at radius 2 is 1.91 bits per heavy atom. The van der Waals surface area contributed by atoms with Crippen LogP contribution in [0.5, 0.6) is 0 Å². The Morgan fingerprint density at radius 3 is 2.35 bits per heavy atom. The van der Waals surface area contributed by atoms with Gasteiger partial charge in [0.05, 0.1) is 12.0 Å². The standard InChI is InChI=1S/C15H26N4O4/c1-8(2)7-10(12(20)15(22)19-23)14(21)18-11(9(3)4)13-16-5-6-17-13/h5-6,8-12,20,23H,7H2,1-4H3,(H,16,17)(H,18,21)(H,19,22)/t10-,11+,12+/m1/s1. The van der Waals surface area contributed by atoms with Gasteiger partial charge in [-0.25, -0.2) is 10.5 Å². The molecular weight excluding hydrogens is 300 g/mol. The van der Waals surface area contributed by atoms with Crippen LogP contribution in [0, 0.1) is 17.8 Å². The molecule has 1 aromatic rings. The van der Waals surface area contributed by atoms with E-state index in [0.29, 0.717) is 12.2 Å². The van der Waals surface area contributed by atoms with Crippen molar-refractivity contribution in [3.05, 3.63) is 18.2 Å². The van der Waals surface area contributed by atoms with E-state index < -0.39 is 23.8 Å². The second kappa shape index (κ2) is 8.64. The maximum atomic E-state index is 12.6. The van der Waals surface area contributed by atoms with Crippen molar-refractivity contribution in [1.29, 1.82) is 0 Å². The van der Waals surface area contributed by atoms with Gasteiger partial charge in [-0.15, -0.1) is 0 Å². The highest BCUT2D eigenvalue weighted by Gasteiger charge is 2.34. The summed E-state index contributed by atoms with van der Waals surface area (Å²) in [5.74, 6) is -1.65. The van der Waals surface area contributed by atoms with Gasteiger partial charge in [-0.1, -0.05) is 27.7 Å². The predicted octanol–water partition coefficient (Wildman–Crippen LogP) is 0.752. The van der Waals surface area contributed by atoms with Gasteiger partial charge in [-0.3, -0.25) is 14.8 Å². The highest BCUT2D eigenvalue weighted by atomic mass is 16.5. The number of aliphatic hydroxyl groups excluding tert-OH is 1. The Morgan fingerprint density at radius 1 is 1.26 bits per heavy atom. The number of aromatic nitrogens is 2. The smallest absolute Gasteiger partial charge is 0.272 e. The number of imidazole rings is 1. The van der Waals surface area contributed by atoms with Gasteiger partial charge < -0.3 is 15.4 Å². The summed E-state index contributed by atoms with van der Waals surface area (Å²) in [4.78, 5) is 31.2. The van der Waals surface area contributed by atoms with Gasteiger partial charge in [0.2, 0.25) is 5.91 Å². The molecule has 130 valence electrons. The van der Waals surface area contributed by atoms with Crippen LogP contribution in [0.4, 0.5) is 0 Å². The van der Waals surface area contributed by atoms with E-state index in [4.69, 9.17) is 5.21 Å². The number of amides is 2. The molecule has 0 fully saturated rings. The molecule has 0 radical (unpaired) electrons. The lowest BCUT2D eigenvalue weighted by Gasteiger charge is -2.26. The van der Waals surface area contributed by atoms with Gasteiger partial charge in [-0.05, 0) is 18.3 Å². The van der Waals surface area contributed by atoms with E-state index in [1.54, 1.807) is 12.4 Å². The fourth-order valence-electron chi connectivity index (χ4n) is 2.39. The molecule has 1 rings (SSSR count). The molecule has 0 unspecified atom stereocenters. The number of hydrogen-bond acceptors (Lipinski definition) is 5. The van der Waals surface area contributed by atoms with E-state index >= 15 is 0 Å². The van der Waals surface area contributed by atoms with Crippen LogP contribution in [0.25, 0.3) is 0 Å². The lowest BCUT2D eigenvalue weighted by Crippen LogP contribution is -2.47. The zero-order valence-corrected chi connectivity index (χ0v) is 13.9. The van der Waals surface area contributed by atoms with E-state index in [0.717, 1.165) is 0 Å². The third kappa shape index (κ3) is 5.33. The number of hydrogen-bond donors (Lipinski definition) is 5. The summed E-state index contributed by atoms with van der Waals surface area (Å²) < 4.78 is 0.